The Labute approximate surface area is 171 Å². The van der Waals surface area contributed by atoms with Gasteiger partial charge in [-0.2, -0.15) is 0 Å². The summed E-state index contributed by atoms with van der Waals surface area (Å²) in [7, 11) is -7.49. The standard InChI is InChI=1S/C20H24N2O5S2/c1-20(2)15-28(24,25)22(19(20)23)17-10-12-18(13-11-17)29(26,27)21-14-6-9-16-7-4-3-5-8-16/h3-5,7-8,10-13,21H,6,9,14-15H2,1-2H3. The van der Waals surface area contributed by atoms with E-state index in [1.54, 1.807) is 13.8 Å². The molecule has 0 unspecified atom stereocenters. The fourth-order valence-electron chi connectivity index (χ4n) is 3.25. The van der Waals surface area contributed by atoms with Gasteiger partial charge in [0.05, 0.1) is 21.8 Å². The molecule has 1 aliphatic rings. The van der Waals surface area contributed by atoms with Crippen LogP contribution in [0.3, 0.4) is 0 Å². The molecule has 7 nitrogen and oxygen atoms in total. The third-order valence-corrected chi connectivity index (χ3v) is 8.24. The van der Waals surface area contributed by atoms with E-state index in [9.17, 15) is 21.6 Å². The van der Waals surface area contributed by atoms with Crippen LogP contribution in [0.25, 0.3) is 0 Å². The predicted octanol–water partition coefficient (Wildman–Crippen LogP) is 2.30. The number of nitrogens with one attached hydrogen (secondary N) is 1. The third kappa shape index (κ3) is 4.68. The van der Waals surface area contributed by atoms with Gasteiger partial charge < -0.3 is 0 Å². The number of carbonyl (C=O) groups is 1. The number of hydrogen-bond donors (Lipinski definition) is 1. The molecule has 0 aromatic heterocycles. The van der Waals surface area contributed by atoms with Crippen LogP contribution in [0, 0.1) is 5.41 Å². The van der Waals surface area contributed by atoms with Crippen molar-refractivity contribution in [2.45, 2.75) is 31.6 Å². The second-order valence-corrected chi connectivity index (χ2v) is 11.3. The van der Waals surface area contributed by atoms with Crippen molar-refractivity contribution in [3.8, 4) is 0 Å². The zero-order chi connectivity index (χ0) is 21.3. The molecule has 9 heteroatoms. The van der Waals surface area contributed by atoms with Gasteiger partial charge in [0.1, 0.15) is 0 Å². The lowest BCUT2D eigenvalue weighted by molar-refractivity contribution is -0.123. The van der Waals surface area contributed by atoms with E-state index in [0.717, 1.165) is 16.3 Å². The minimum atomic E-state index is -3.77. The second-order valence-electron chi connectivity index (χ2n) is 7.69. The van der Waals surface area contributed by atoms with Crippen LogP contribution in [0.5, 0.6) is 0 Å². The van der Waals surface area contributed by atoms with Crippen molar-refractivity contribution < 1.29 is 21.6 Å². The van der Waals surface area contributed by atoms with Crippen LogP contribution in [-0.2, 0) is 31.3 Å². The normalized spacial score (nSPS) is 18.1. The van der Waals surface area contributed by atoms with Crippen molar-refractivity contribution >= 4 is 31.6 Å². The first-order valence-electron chi connectivity index (χ1n) is 9.24. The highest BCUT2D eigenvalue weighted by atomic mass is 32.2. The number of aryl methyl sites for hydroxylation is 1. The van der Waals surface area contributed by atoms with Crippen LogP contribution in [0.1, 0.15) is 25.8 Å². The summed E-state index contributed by atoms with van der Waals surface area (Å²) in [5.41, 5.74) is 0.267. The summed E-state index contributed by atoms with van der Waals surface area (Å²) in [4.78, 5) is 12.5. The molecule has 1 aliphatic heterocycles. The molecule has 1 fully saturated rings. The third-order valence-electron chi connectivity index (χ3n) is 4.74. The fourth-order valence-corrected chi connectivity index (χ4v) is 6.43. The number of sulfonamides is 2. The number of nitrogens with zero attached hydrogens (tertiary/aromatic N) is 1. The lowest BCUT2D eigenvalue weighted by Crippen LogP contribution is -2.33. The molecule has 1 heterocycles. The Morgan fingerprint density at radius 3 is 2.21 bits per heavy atom. The van der Waals surface area contributed by atoms with Gasteiger partial charge in [-0.1, -0.05) is 30.3 Å². The van der Waals surface area contributed by atoms with Gasteiger partial charge in [-0.15, -0.1) is 0 Å². The van der Waals surface area contributed by atoms with Gasteiger partial charge in [-0.3, -0.25) is 4.79 Å². The summed E-state index contributed by atoms with van der Waals surface area (Å²) >= 11 is 0. The maximum absolute atomic E-state index is 12.5. The first-order valence-corrected chi connectivity index (χ1v) is 12.3. The number of rotatable bonds is 7. The quantitative estimate of drug-likeness (QED) is 0.671. The number of anilines is 1. The van der Waals surface area contributed by atoms with Gasteiger partial charge in [-0.05, 0) is 56.5 Å². The average molecular weight is 437 g/mol. The zero-order valence-electron chi connectivity index (χ0n) is 16.3. The lowest BCUT2D eigenvalue weighted by atomic mass is 9.95. The Balaban J connectivity index is 1.67. The molecule has 29 heavy (non-hydrogen) atoms. The van der Waals surface area contributed by atoms with Crippen molar-refractivity contribution in [3.05, 3.63) is 60.2 Å². The van der Waals surface area contributed by atoms with E-state index in [1.807, 2.05) is 30.3 Å². The summed E-state index contributed by atoms with van der Waals surface area (Å²) < 4.78 is 52.9. The van der Waals surface area contributed by atoms with E-state index in [-0.39, 0.29) is 22.9 Å². The highest BCUT2D eigenvalue weighted by Crippen LogP contribution is 2.35. The van der Waals surface area contributed by atoms with Gasteiger partial charge in [0.25, 0.3) is 0 Å². The number of hydrogen-bond acceptors (Lipinski definition) is 5. The Hall–Kier alpha value is -2.23. The molecule has 156 valence electrons. The lowest BCUT2D eigenvalue weighted by Gasteiger charge is -2.17. The topological polar surface area (TPSA) is 101 Å². The van der Waals surface area contributed by atoms with Crippen LogP contribution >= 0.6 is 0 Å². The Morgan fingerprint density at radius 2 is 1.66 bits per heavy atom. The highest BCUT2D eigenvalue weighted by Gasteiger charge is 2.49. The van der Waals surface area contributed by atoms with Crippen LogP contribution in [0.15, 0.2) is 59.5 Å². The van der Waals surface area contributed by atoms with Crippen molar-refractivity contribution in [3.63, 3.8) is 0 Å². The molecule has 0 aliphatic carbocycles. The molecule has 0 spiro atoms. The number of amides is 1. The molecule has 2 aromatic carbocycles. The van der Waals surface area contributed by atoms with Gasteiger partial charge in [0.15, 0.2) is 0 Å². The summed E-state index contributed by atoms with van der Waals surface area (Å²) in [6.07, 6.45) is 1.41. The maximum atomic E-state index is 12.5. The minimum absolute atomic E-state index is 0.0178. The largest absolute Gasteiger partial charge is 0.273 e. The molecular weight excluding hydrogens is 412 g/mol. The molecule has 1 amide bonds. The van der Waals surface area contributed by atoms with E-state index < -0.39 is 31.4 Å². The zero-order valence-corrected chi connectivity index (χ0v) is 18.0. The van der Waals surface area contributed by atoms with Crippen LogP contribution in [0.2, 0.25) is 0 Å². The van der Waals surface area contributed by atoms with Crippen molar-refractivity contribution in [1.29, 1.82) is 0 Å². The summed E-state index contributed by atoms with van der Waals surface area (Å²) in [5.74, 6) is -0.797. The van der Waals surface area contributed by atoms with Gasteiger partial charge >= 0.3 is 0 Å². The smallest absolute Gasteiger partial charge is 0.247 e. The SMILES string of the molecule is CC1(C)CS(=O)(=O)N(c2ccc(S(=O)(=O)NCCCc3ccccc3)cc2)C1=O. The van der Waals surface area contributed by atoms with E-state index >= 15 is 0 Å². The highest BCUT2D eigenvalue weighted by molar-refractivity contribution is 7.94. The van der Waals surface area contributed by atoms with Crippen molar-refractivity contribution in [2.75, 3.05) is 16.6 Å². The Bertz CT molecular complexity index is 1090. The van der Waals surface area contributed by atoms with E-state index in [0.29, 0.717) is 6.42 Å². The number of benzene rings is 2. The van der Waals surface area contributed by atoms with Crippen LogP contribution < -0.4 is 9.03 Å². The first-order chi connectivity index (χ1) is 13.5. The van der Waals surface area contributed by atoms with E-state index in [4.69, 9.17) is 0 Å². The summed E-state index contributed by atoms with van der Waals surface area (Å²) in [5, 5.41) is 0. The molecular formula is C20H24N2O5S2. The molecule has 2 aromatic rings. The fraction of sp³-hybridized carbons (Fsp3) is 0.350. The summed E-state index contributed by atoms with van der Waals surface area (Å²) in [6.45, 7) is 3.43. The molecule has 1 saturated heterocycles. The molecule has 0 radical (unpaired) electrons. The Kier molecular flexibility index (Phi) is 5.84. The average Bonchev–Trinajstić information content (AvgIpc) is 2.82. The molecule has 3 rings (SSSR count). The van der Waals surface area contributed by atoms with Gasteiger partial charge in [-0.25, -0.2) is 25.9 Å². The van der Waals surface area contributed by atoms with Crippen molar-refractivity contribution in [2.24, 2.45) is 5.41 Å². The molecule has 0 bridgehead atoms. The first kappa shape index (κ1) is 21.5. The van der Waals surface area contributed by atoms with Crippen LogP contribution in [-0.4, -0.2) is 35.0 Å². The van der Waals surface area contributed by atoms with Crippen molar-refractivity contribution in [1.82, 2.24) is 4.72 Å². The maximum Gasteiger partial charge on any atom is 0.247 e. The van der Waals surface area contributed by atoms with Crippen LogP contribution in [0.4, 0.5) is 5.69 Å². The monoisotopic (exact) mass is 436 g/mol. The predicted molar refractivity (Wildman–Crippen MR) is 111 cm³/mol. The molecule has 0 atom stereocenters. The Morgan fingerprint density at radius 1 is 1.03 bits per heavy atom. The molecule has 1 N–H and O–H groups in total. The summed E-state index contributed by atoms with van der Waals surface area (Å²) in [6, 6.07) is 15.1. The second kappa shape index (κ2) is 7.89. The van der Waals surface area contributed by atoms with Gasteiger partial charge in [0.2, 0.25) is 26.0 Å². The van der Waals surface area contributed by atoms with E-state index in [2.05, 4.69) is 4.72 Å². The molecule has 0 saturated carbocycles. The van der Waals surface area contributed by atoms with Gasteiger partial charge in [0, 0.05) is 6.54 Å². The minimum Gasteiger partial charge on any atom is -0.273 e. The number of carbonyl (C=O) groups excluding carboxylic acids is 1. The van der Waals surface area contributed by atoms with E-state index in [1.165, 1.54) is 24.3 Å².